The second-order valence-corrected chi connectivity index (χ2v) is 7.56. The van der Waals surface area contributed by atoms with Gasteiger partial charge in [0.05, 0.1) is 0 Å². The first kappa shape index (κ1) is 18.1. The highest BCUT2D eigenvalue weighted by atomic mass is 35.5. The summed E-state index contributed by atoms with van der Waals surface area (Å²) in [5.74, 6) is 0.468. The second-order valence-electron chi connectivity index (χ2n) is 7.15. The molecule has 0 spiro atoms. The molecule has 1 aliphatic carbocycles. The van der Waals surface area contributed by atoms with Crippen LogP contribution in [0, 0.1) is 5.92 Å². The van der Waals surface area contributed by atoms with Crippen LogP contribution in [-0.2, 0) is 11.3 Å². The van der Waals surface area contributed by atoms with E-state index in [2.05, 4.69) is 12.2 Å². The molecule has 6 heteroatoms. The fraction of sp³-hybridized carbons (Fsp3) is 0.579. The van der Waals surface area contributed by atoms with E-state index < -0.39 is 0 Å². The molecule has 2 fully saturated rings. The van der Waals surface area contributed by atoms with Gasteiger partial charge >= 0.3 is 6.03 Å². The molecule has 1 aromatic rings. The SMILES string of the molecule is C[C@H]1CCCC[C@H]1NC(=O)CN1CCN(Cc2ccccc2Cl)C1=O. The Morgan fingerprint density at radius 2 is 1.92 bits per heavy atom. The maximum absolute atomic E-state index is 12.5. The van der Waals surface area contributed by atoms with Crippen molar-refractivity contribution >= 4 is 23.5 Å². The first-order valence-electron chi connectivity index (χ1n) is 9.11. The molecule has 25 heavy (non-hydrogen) atoms. The van der Waals surface area contributed by atoms with Crippen molar-refractivity contribution in [3.63, 3.8) is 0 Å². The van der Waals surface area contributed by atoms with Gasteiger partial charge in [-0.05, 0) is 30.4 Å². The molecule has 3 rings (SSSR count). The van der Waals surface area contributed by atoms with Crippen LogP contribution in [0.2, 0.25) is 5.02 Å². The molecule has 0 bridgehead atoms. The highest BCUT2D eigenvalue weighted by Gasteiger charge is 2.31. The minimum absolute atomic E-state index is 0.0494. The van der Waals surface area contributed by atoms with E-state index in [0.717, 1.165) is 12.0 Å². The van der Waals surface area contributed by atoms with E-state index in [1.807, 2.05) is 24.3 Å². The zero-order valence-corrected chi connectivity index (χ0v) is 15.5. The molecule has 1 saturated carbocycles. The van der Waals surface area contributed by atoms with Crippen LogP contribution < -0.4 is 5.32 Å². The Labute approximate surface area is 154 Å². The van der Waals surface area contributed by atoms with Crippen LogP contribution in [0.4, 0.5) is 4.79 Å². The Kier molecular flexibility index (Phi) is 5.84. The molecule has 1 heterocycles. The number of carbonyl (C=O) groups excluding carboxylic acids is 2. The standard InChI is InChI=1S/C19H26ClN3O2/c1-14-6-2-5-9-17(14)21-18(24)13-23-11-10-22(19(23)25)12-15-7-3-4-8-16(15)20/h3-4,7-8,14,17H,2,5-6,9-13H2,1H3,(H,21,24)/t14-,17+/m0/s1. The molecule has 136 valence electrons. The van der Waals surface area contributed by atoms with Crippen molar-refractivity contribution in [2.24, 2.45) is 5.92 Å². The van der Waals surface area contributed by atoms with Gasteiger partial charge in [-0.25, -0.2) is 4.79 Å². The van der Waals surface area contributed by atoms with Crippen molar-refractivity contribution in [3.8, 4) is 0 Å². The number of hydrogen-bond acceptors (Lipinski definition) is 2. The van der Waals surface area contributed by atoms with Crippen LogP contribution in [0.15, 0.2) is 24.3 Å². The van der Waals surface area contributed by atoms with Crippen molar-refractivity contribution in [2.75, 3.05) is 19.6 Å². The predicted molar refractivity (Wildman–Crippen MR) is 98.4 cm³/mol. The quantitative estimate of drug-likeness (QED) is 0.872. The summed E-state index contributed by atoms with van der Waals surface area (Å²) in [4.78, 5) is 28.2. The topological polar surface area (TPSA) is 52.7 Å². The Balaban J connectivity index is 1.51. The van der Waals surface area contributed by atoms with Crippen LogP contribution >= 0.6 is 11.6 Å². The van der Waals surface area contributed by atoms with E-state index >= 15 is 0 Å². The van der Waals surface area contributed by atoms with Crippen molar-refractivity contribution < 1.29 is 9.59 Å². The Hall–Kier alpha value is -1.75. The maximum Gasteiger partial charge on any atom is 0.320 e. The zero-order chi connectivity index (χ0) is 17.8. The molecule has 1 N–H and O–H groups in total. The number of carbonyl (C=O) groups is 2. The molecular weight excluding hydrogens is 338 g/mol. The van der Waals surface area contributed by atoms with E-state index in [1.165, 1.54) is 19.3 Å². The summed E-state index contributed by atoms with van der Waals surface area (Å²) in [6, 6.07) is 7.70. The largest absolute Gasteiger partial charge is 0.352 e. The molecule has 3 amide bonds. The van der Waals surface area contributed by atoms with Gasteiger partial charge in [-0.1, -0.05) is 49.6 Å². The van der Waals surface area contributed by atoms with Crippen LogP contribution in [-0.4, -0.2) is 47.4 Å². The van der Waals surface area contributed by atoms with Crippen LogP contribution in [0.5, 0.6) is 0 Å². The third-order valence-corrected chi connectivity index (χ3v) is 5.66. The van der Waals surface area contributed by atoms with E-state index in [1.54, 1.807) is 9.80 Å². The Bertz CT molecular complexity index is 637. The zero-order valence-electron chi connectivity index (χ0n) is 14.7. The van der Waals surface area contributed by atoms with E-state index in [-0.39, 0.29) is 24.5 Å². The third kappa shape index (κ3) is 4.46. The lowest BCUT2D eigenvalue weighted by Gasteiger charge is -2.30. The second kappa shape index (κ2) is 8.09. The molecule has 0 aromatic heterocycles. The highest BCUT2D eigenvalue weighted by molar-refractivity contribution is 6.31. The lowest BCUT2D eigenvalue weighted by atomic mass is 9.86. The van der Waals surface area contributed by atoms with E-state index in [4.69, 9.17) is 11.6 Å². The minimum Gasteiger partial charge on any atom is -0.352 e. The van der Waals surface area contributed by atoms with Crippen LogP contribution in [0.25, 0.3) is 0 Å². The molecule has 2 atom stereocenters. The number of nitrogens with zero attached hydrogens (tertiary/aromatic N) is 2. The third-order valence-electron chi connectivity index (χ3n) is 5.29. The van der Waals surface area contributed by atoms with Crippen molar-refractivity contribution in [1.29, 1.82) is 0 Å². The van der Waals surface area contributed by atoms with Gasteiger partial charge in [0.15, 0.2) is 0 Å². The number of halogens is 1. The van der Waals surface area contributed by atoms with Gasteiger partial charge in [-0.3, -0.25) is 4.79 Å². The smallest absolute Gasteiger partial charge is 0.320 e. The number of rotatable bonds is 5. The van der Waals surface area contributed by atoms with Gasteiger partial charge in [0, 0.05) is 30.7 Å². The summed E-state index contributed by atoms with van der Waals surface area (Å²) < 4.78 is 0. The number of amides is 3. The summed E-state index contributed by atoms with van der Waals surface area (Å²) in [6.45, 7) is 4.02. The van der Waals surface area contributed by atoms with Gasteiger partial charge in [0.2, 0.25) is 5.91 Å². The first-order valence-corrected chi connectivity index (χ1v) is 9.49. The fourth-order valence-corrected chi connectivity index (χ4v) is 3.91. The Morgan fingerprint density at radius 1 is 1.20 bits per heavy atom. The summed E-state index contributed by atoms with van der Waals surface area (Å²) in [5.41, 5.74) is 0.930. The monoisotopic (exact) mass is 363 g/mol. The van der Waals surface area contributed by atoms with Gasteiger partial charge in [-0.2, -0.15) is 0 Å². The lowest BCUT2D eigenvalue weighted by Crippen LogP contribution is -2.46. The molecule has 1 saturated heterocycles. The number of benzene rings is 1. The first-order chi connectivity index (χ1) is 12.0. The highest BCUT2D eigenvalue weighted by Crippen LogP contribution is 2.24. The molecule has 1 aliphatic heterocycles. The summed E-state index contributed by atoms with van der Waals surface area (Å²) in [6.07, 6.45) is 4.62. The van der Waals surface area contributed by atoms with E-state index in [9.17, 15) is 9.59 Å². The molecule has 0 unspecified atom stereocenters. The predicted octanol–water partition coefficient (Wildman–Crippen LogP) is 3.27. The molecular formula is C19H26ClN3O2. The van der Waals surface area contributed by atoms with Gasteiger partial charge < -0.3 is 15.1 Å². The van der Waals surface area contributed by atoms with Crippen LogP contribution in [0.3, 0.4) is 0 Å². The van der Waals surface area contributed by atoms with Gasteiger partial charge in [-0.15, -0.1) is 0 Å². The number of urea groups is 1. The fourth-order valence-electron chi connectivity index (χ4n) is 3.71. The van der Waals surface area contributed by atoms with E-state index in [0.29, 0.717) is 30.6 Å². The molecule has 1 aromatic carbocycles. The van der Waals surface area contributed by atoms with Crippen molar-refractivity contribution in [2.45, 2.75) is 45.2 Å². The maximum atomic E-state index is 12.5. The minimum atomic E-state index is -0.0910. The summed E-state index contributed by atoms with van der Waals surface area (Å²) in [7, 11) is 0. The average Bonchev–Trinajstić information content (AvgIpc) is 2.92. The van der Waals surface area contributed by atoms with Crippen molar-refractivity contribution in [1.82, 2.24) is 15.1 Å². The van der Waals surface area contributed by atoms with Gasteiger partial charge in [0.25, 0.3) is 0 Å². The molecule has 5 nitrogen and oxygen atoms in total. The molecule has 0 radical (unpaired) electrons. The summed E-state index contributed by atoms with van der Waals surface area (Å²) >= 11 is 6.18. The van der Waals surface area contributed by atoms with Crippen LogP contribution in [0.1, 0.15) is 38.2 Å². The normalized spacial score (nSPS) is 23.8. The Morgan fingerprint density at radius 3 is 2.68 bits per heavy atom. The lowest BCUT2D eigenvalue weighted by molar-refractivity contribution is -0.122. The van der Waals surface area contributed by atoms with Gasteiger partial charge in [0.1, 0.15) is 6.54 Å². The average molecular weight is 364 g/mol. The number of nitrogens with one attached hydrogen (secondary N) is 1. The molecule has 2 aliphatic rings. The summed E-state index contributed by atoms with van der Waals surface area (Å²) in [5, 5.41) is 3.78. The number of hydrogen-bond donors (Lipinski definition) is 1. The van der Waals surface area contributed by atoms with Crippen molar-refractivity contribution in [3.05, 3.63) is 34.9 Å².